The van der Waals surface area contributed by atoms with Gasteiger partial charge in [-0.3, -0.25) is 9.59 Å². The molecule has 1 saturated heterocycles. The molecular formula is C13H15IN2O4S. The van der Waals surface area contributed by atoms with E-state index >= 15 is 0 Å². The third-order valence-corrected chi connectivity index (χ3v) is 5.84. The summed E-state index contributed by atoms with van der Waals surface area (Å²) in [6.07, 6.45) is 0.376. The minimum Gasteiger partial charge on any atom is -0.333 e. The number of halogens is 1. The van der Waals surface area contributed by atoms with Crippen molar-refractivity contribution in [3.63, 3.8) is 0 Å². The maximum absolute atomic E-state index is 12.0. The van der Waals surface area contributed by atoms with Crippen molar-refractivity contribution in [2.24, 2.45) is 0 Å². The van der Waals surface area contributed by atoms with Crippen LogP contribution >= 0.6 is 22.6 Å². The SMILES string of the molecule is CN(C(=O)C(=O)Nc1ccc(I)cc1)C1CCS(=O)(=O)C1. The monoisotopic (exact) mass is 422 g/mol. The van der Waals surface area contributed by atoms with Crippen LogP contribution in [0.1, 0.15) is 6.42 Å². The number of sulfone groups is 1. The Labute approximate surface area is 137 Å². The first-order valence-electron chi connectivity index (χ1n) is 6.32. The van der Waals surface area contributed by atoms with Gasteiger partial charge in [0, 0.05) is 22.3 Å². The maximum Gasteiger partial charge on any atom is 0.313 e. The lowest BCUT2D eigenvalue weighted by atomic mass is 10.2. The Kier molecular flexibility index (Phi) is 4.87. The number of hydrogen-bond acceptors (Lipinski definition) is 4. The molecule has 1 aliphatic heterocycles. The van der Waals surface area contributed by atoms with E-state index in [0.717, 1.165) is 3.57 Å². The highest BCUT2D eigenvalue weighted by atomic mass is 127. The number of hydrogen-bond donors (Lipinski definition) is 1. The van der Waals surface area contributed by atoms with Crippen molar-refractivity contribution in [2.45, 2.75) is 12.5 Å². The van der Waals surface area contributed by atoms with Crippen LogP contribution in [-0.4, -0.2) is 49.7 Å². The smallest absolute Gasteiger partial charge is 0.313 e. The fourth-order valence-electron chi connectivity index (χ4n) is 2.12. The second kappa shape index (κ2) is 6.30. The minimum absolute atomic E-state index is 0.0635. The van der Waals surface area contributed by atoms with Gasteiger partial charge in [0.05, 0.1) is 11.5 Å². The summed E-state index contributed by atoms with van der Waals surface area (Å²) in [5.74, 6) is -1.50. The van der Waals surface area contributed by atoms with Gasteiger partial charge in [-0.25, -0.2) is 8.42 Å². The molecule has 0 aliphatic carbocycles. The van der Waals surface area contributed by atoms with E-state index in [1.807, 2.05) is 12.1 Å². The topological polar surface area (TPSA) is 83.6 Å². The molecule has 1 fully saturated rings. The Bertz CT molecular complexity index is 657. The molecule has 8 heteroatoms. The van der Waals surface area contributed by atoms with Crippen LogP contribution < -0.4 is 5.32 Å². The summed E-state index contributed by atoms with van der Waals surface area (Å²) in [4.78, 5) is 25.1. The largest absolute Gasteiger partial charge is 0.333 e. The molecule has 1 aromatic carbocycles. The fraction of sp³-hybridized carbons (Fsp3) is 0.385. The van der Waals surface area contributed by atoms with Crippen LogP contribution in [0.3, 0.4) is 0 Å². The molecule has 1 aromatic rings. The number of anilines is 1. The Morgan fingerprint density at radius 1 is 1.29 bits per heavy atom. The lowest BCUT2D eigenvalue weighted by Gasteiger charge is -2.22. The third-order valence-electron chi connectivity index (χ3n) is 3.37. The highest BCUT2D eigenvalue weighted by molar-refractivity contribution is 14.1. The van der Waals surface area contributed by atoms with E-state index in [4.69, 9.17) is 0 Å². The van der Waals surface area contributed by atoms with Gasteiger partial charge in [-0.15, -0.1) is 0 Å². The van der Waals surface area contributed by atoms with Gasteiger partial charge in [0.25, 0.3) is 0 Å². The number of nitrogens with zero attached hydrogens (tertiary/aromatic N) is 1. The maximum atomic E-state index is 12.0. The van der Waals surface area contributed by atoms with Crippen LogP contribution in [0.4, 0.5) is 5.69 Å². The lowest BCUT2D eigenvalue weighted by molar-refractivity contribution is -0.143. The van der Waals surface area contributed by atoms with Crippen LogP contribution in [0.25, 0.3) is 0 Å². The summed E-state index contributed by atoms with van der Waals surface area (Å²) >= 11 is 2.14. The molecule has 21 heavy (non-hydrogen) atoms. The predicted octanol–water partition coefficient (Wildman–Crippen LogP) is 0.875. The second-order valence-corrected chi connectivity index (χ2v) is 8.41. The molecule has 1 heterocycles. The molecule has 0 spiro atoms. The van der Waals surface area contributed by atoms with Gasteiger partial charge in [0.1, 0.15) is 0 Å². The zero-order valence-corrected chi connectivity index (χ0v) is 14.3. The van der Waals surface area contributed by atoms with Gasteiger partial charge in [-0.1, -0.05) is 0 Å². The van der Waals surface area contributed by atoms with Crippen LogP contribution in [0.2, 0.25) is 0 Å². The van der Waals surface area contributed by atoms with Gasteiger partial charge in [0.15, 0.2) is 9.84 Å². The molecule has 1 aliphatic rings. The molecule has 0 aromatic heterocycles. The number of carbonyl (C=O) groups is 2. The molecular weight excluding hydrogens is 407 g/mol. The number of nitrogens with one attached hydrogen (secondary N) is 1. The van der Waals surface area contributed by atoms with E-state index in [2.05, 4.69) is 27.9 Å². The molecule has 1 atom stereocenters. The summed E-state index contributed by atoms with van der Waals surface area (Å²) in [7, 11) is -1.63. The molecule has 114 valence electrons. The highest BCUT2D eigenvalue weighted by Crippen LogP contribution is 2.17. The number of benzene rings is 1. The predicted molar refractivity (Wildman–Crippen MR) is 87.6 cm³/mol. The standard InChI is InChI=1S/C13H15IN2O4S/c1-16(11-6-7-21(19,20)8-11)13(18)12(17)15-10-4-2-9(14)3-5-10/h2-5,11H,6-8H2,1H3,(H,15,17). The quantitative estimate of drug-likeness (QED) is 0.567. The van der Waals surface area contributed by atoms with Crippen LogP contribution in [0.5, 0.6) is 0 Å². The number of carbonyl (C=O) groups excluding carboxylic acids is 2. The first-order chi connectivity index (χ1) is 9.78. The van der Waals surface area contributed by atoms with Crippen molar-refractivity contribution in [1.82, 2.24) is 4.90 Å². The Morgan fingerprint density at radius 2 is 1.90 bits per heavy atom. The number of amides is 2. The summed E-state index contributed by atoms with van der Waals surface area (Å²) in [6.45, 7) is 0. The Morgan fingerprint density at radius 3 is 2.43 bits per heavy atom. The zero-order chi connectivity index (χ0) is 15.6. The van der Waals surface area contributed by atoms with E-state index in [-0.39, 0.29) is 11.5 Å². The van der Waals surface area contributed by atoms with Crippen molar-refractivity contribution in [2.75, 3.05) is 23.9 Å². The third kappa shape index (κ3) is 4.16. The molecule has 0 saturated carbocycles. The molecule has 1 N–H and O–H groups in total. The van der Waals surface area contributed by atoms with Crippen molar-refractivity contribution >= 4 is 49.9 Å². The lowest BCUT2D eigenvalue weighted by Crippen LogP contribution is -2.43. The molecule has 0 radical (unpaired) electrons. The summed E-state index contributed by atoms with van der Waals surface area (Å²) in [6, 6.07) is 6.60. The minimum atomic E-state index is -3.09. The highest BCUT2D eigenvalue weighted by Gasteiger charge is 2.34. The molecule has 2 rings (SSSR count). The van der Waals surface area contributed by atoms with Gasteiger partial charge in [-0.05, 0) is 53.3 Å². The first kappa shape index (κ1) is 16.2. The van der Waals surface area contributed by atoms with Crippen molar-refractivity contribution in [3.8, 4) is 0 Å². The fourth-order valence-corrected chi connectivity index (χ4v) is 4.26. The average Bonchev–Trinajstić information content (AvgIpc) is 2.80. The second-order valence-electron chi connectivity index (χ2n) is 4.93. The van der Waals surface area contributed by atoms with Crippen LogP contribution in [0, 0.1) is 3.57 Å². The number of likely N-dealkylation sites (N-methyl/N-ethyl adjacent to an activating group) is 1. The Balaban J connectivity index is 1.99. The molecule has 2 amide bonds. The molecule has 1 unspecified atom stereocenters. The number of rotatable bonds is 2. The van der Waals surface area contributed by atoms with E-state index in [0.29, 0.717) is 12.1 Å². The molecule has 6 nitrogen and oxygen atoms in total. The summed E-state index contributed by atoms with van der Waals surface area (Å²) < 4.78 is 23.9. The first-order valence-corrected chi connectivity index (χ1v) is 9.22. The average molecular weight is 422 g/mol. The van der Waals surface area contributed by atoms with Crippen LogP contribution in [-0.2, 0) is 19.4 Å². The van der Waals surface area contributed by atoms with E-state index in [9.17, 15) is 18.0 Å². The molecule has 0 bridgehead atoms. The van der Waals surface area contributed by atoms with E-state index in [1.54, 1.807) is 12.1 Å². The van der Waals surface area contributed by atoms with E-state index < -0.39 is 27.7 Å². The van der Waals surface area contributed by atoms with E-state index in [1.165, 1.54) is 11.9 Å². The van der Waals surface area contributed by atoms with Gasteiger partial charge in [-0.2, -0.15) is 0 Å². The van der Waals surface area contributed by atoms with Gasteiger partial charge < -0.3 is 10.2 Å². The van der Waals surface area contributed by atoms with Crippen molar-refractivity contribution in [1.29, 1.82) is 0 Å². The van der Waals surface area contributed by atoms with Crippen molar-refractivity contribution < 1.29 is 18.0 Å². The zero-order valence-electron chi connectivity index (χ0n) is 11.4. The van der Waals surface area contributed by atoms with Crippen LogP contribution in [0.15, 0.2) is 24.3 Å². The normalized spacial score (nSPS) is 20.0. The Hall–Kier alpha value is -1.16. The van der Waals surface area contributed by atoms with Gasteiger partial charge >= 0.3 is 11.8 Å². The summed E-state index contributed by atoms with van der Waals surface area (Å²) in [5.41, 5.74) is 0.529. The van der Waals surface area contributed by atoms with Crippen molar-refractivity contribution in [3.05, 3.63) is 27.8 Å². The van der Waals surface area contributed by atoms with Gasteiger partial charge in [0.2, 0.25) is 0 Å². The summed E-state index contributed by atoms with van der Waals surface area (Å²) in [5, 5.41) is 2.51.